The smallest absolute Gasteiger partial charge is 0.255 e. The number of pyridine rings is 1. The lowest BCUT2D eigenvalue weighted by atomic mass is 10.1. The van der Waals surface area contributed by atoms with Crippen molar-refractivity contribution < 1.29 is 9.90 Å². The van der Waals surface area contributed by atoms with E-state index in [1.807, 2.05) is 30.5 Å². The Morgan fingerprint density at radius 1 is 1.12 bits per heavy atom. The van der Waals surface area contributed by atoms with Crippen molar-refractivity contribution in [3.05, 3.63) is 72.1 Å². The van der Waals surface area contributed by atoms with Crippen molar-refractivity contribution in [2.45, 2.75) is 13.8 Å². The molecule has 0 aliphatic carbocycles. The number of phenols is 1. The van der Waals surface area contributed by atoms with E-state index in [4.69, 9.17) is 0 Å². The molecule has 0 atom stereocenters. The minimum atomic E-state index is -0.301. The second-order valence-electron chi connectivity index (χ2n) is 5.90. The number of carbonyl (C=O) groups is 1. The molecule has 5 nitrogen and oxygen atoms in total. The first kappa shape index (κ1) is 17.5. The topological polar surface area (TPSA) is 78.0 Å². The summed E-state index contributed by atoms with van der Waals surface area (Å²) in [5.41, 5.74) is 2.92. The highest BCUT2D eigenvalue weighted by Gasteiger charge is 2.14. The molecule has 0 fully saturated rings. The molecule has 4 aromatic rings. The Labute approximate surface area is 151 Å². The van der Waals surface area contributed by atoms with E-state index in [1.54, 1.807) is 24.4 Å². The normalized spacial score (nSPS) is 10.6. The average molecular weight is 347 g/mol. The van der Waals surface area contributed by atoms with E-state index in [2.05, 4.69) is 21.4 Å². The van der Waals surface area contributed by atoms with Gasteiger partial charge in [-0.1, -0.05) is 37.8 Å². The van der Waals surface area contributed by atoms with Crippen LogP contribution in [0.1, 0.15) is 23.3 Å². The number of rotatable bonds is 4. The molecule has 4 rings (SSSR count). The Bertz CT molecular complexity index is 1070. The maximum Gasteiger partial charge on any atom is 0.255 e. The fourth-order valence-electron chi connectivity index (χ4n) is 3.06. The number of carbonyl (C=O) groups excluding carboxylic acids is 1. The molecule has 0 spiro atoms. The van der Waals surface area contributed by atoms with Crippen molar-refractivity contribution >= 4 is 27.7 Å². The Kier molecular flexibility index (Phi) is 4.89. The van der Waals surface area contributed by atoms with Crippen molar-refractivity contribution in [1.82, 2.24) is 15.3 Å². The number of H-pyrrole nitrogens is 1. The first-order valence-electron chi connectivity index (χ1n) is 8.14. The minimum absolute atomic E-state index is 0. The van der Waals surface area contributed by atoms with Crippen LogP contribution in [-0.2, 0) is 6.42 Å². The van der Waals surface area contributed by atoms with Gasteiger partial charge in [-0.15, -0.1) is 0 Å². The summed E-state index contributed by atoms with van der Waals surface area (Å²) in [6.45, 7) is 0.486. The van der Waals surface area contributed by atoms with Crippen LogP contribution in [0.4, 0.5) is 0 Å². The minimum Gasteiger partial charge on any atom is -0.505 e. The second kappa shape index (κ2) is 7.27. The summed E-state index contributed by atoms with van der Waals surface area (Å²) in [5, 5.41) is 15.1. The van der Waals surface area contributed by atoms with Gasteiger partial charge in [0.2, 0.25) is 0 Å². The maximum atomic E-state index is 12.4. The first-order valence-corrected chi connectivity index (χ1v) is 8.14. The molecule has 5 heteroatoms. The largest absolute Gasteiger partial charge is 0.505 e. The van der Waals surface area contributed by atoms with Crippen molar-refractivity contribution in [2.75, 3.05) is 6.54 Å². The molecule has 0 unspecified atom stereocenters. The van der Waals surface area contributed by atoms with Gasteiger partial charge < -0.3 is 15.4 Å². The summed E-state index contributed by atoms with van der Waals surface area (Å²) in [6, 6.07) is 15.1. The van der Waals surface area contributed by atoms with Crippen molar-refractivity contribution in [2.24, 2.45) is 0 Å². The molecule has 26 heavy (non-hydrogen) atoms. The quantitative estimate of drug-likeness (QED) is 0.521. The zero-order valence-electron chi connectivity index (χ0n) is 13.5. The molecule has 0 saturated carbocycles. The predicted molar refractivity (Wildman–Crippen MR) is 104 cm³/mol. The van der Waals surface area contributed by atoms with Crippen LogP contribution < -0.4 is 5.32 Å². The highest BCUT2D eigenvalue weighted by atomic mass is 16.3. The fourth-order valence-corrected chi connectivity index (χ4v) is 3.06. The van der Waals surface area contributed by atoms with Crippen molar-refractivity contribution in [3.8, 4) is 5.75 Å². The summed E-state index contributed by atoms with van der Waals surface area (Å²) < 4.78 is 0. The summed E-state index contributed by atoms with van der Waals surface area (Å²) in [7, 11) is 0. The molecule has 0 saturated heterocycles. The number of nitrogens with one attached hydrogen (secondary N) is 2. The van der Waals surface area contributed by atoms with Gasteiger partial charge in [-0.3, -0.25) is 9.78 Å². The van der Waals surface area contributed by atoms with Gasteiger partial charge in [-0.05, 0) is 30.2 Å². The molecule has 2 aromatic heterocycles. The van der Waals surface area contributed by atoms with Gasteiger partial charge in [0.05, 0.1) is 5.56 Å². The highest BCUT2D eigenvalue weighted by Crippen LogP contribution is 2.26. The van der Waals surface area contributed by atoms with Gasteiger partial charge in [-0.2, -0.15) is 0 Å². The van der Waals surface area contributed by atoms with E-state index in [9.17, 15) is 9.90 Å². The summed E-state index contributed by atoms with van der Waals surface area (Å²) in [6.07, 6.45) is 4.28. The number of aromatic hydroxyl groups is 1. The van der Waals surface area contributed by atoms with E-state index in [1.165, 1.54) is 0 Å². The third-order valence-electron chi connectivity index (χ3n) is 4.35. The van der Waals surface area contributed by atoms with Crippen LogP contribution in [0.5, 0.6) is 5.75 Å². The third kappa shape index (κ3) is 3.11. The lowest BCUT2D eigenvalue weighted by Gasteiger charge is -2.08. The SMILES string of the molecule is C.O=C(NCCc1c[nH]c2ccccc12)c1ccc2cccnc2c1O. The van der Waals surface area contributed by atoms with E-state index >= 15 is 0 Å². The number of nitrogens with zero attached hydrogens (tertiary/aromatic N) is 1. The van der Waals surface area contributed by atoms with Gasteiger partial charge >= 0.3 is 0 Å². The Balaban J connectivity index is 0.00000196. The molecule has 1 amide bonds. The summed E-state index contributed by atoms with van der Waals surface area (Å²) >= 11 is 0. The molecule has 0 aliphatic rings. The molecule has 132 valence electrons. The second-order valence-corrected chi connectivity index (χ2v) is 5.90. The van der Waals surface area contributed by atoms with Crippen LogP contribution in [0.15, 0.2) is 60.9 Å². The molecule has 0 bridgehead atoms. The lowest BCUT2D eigenvalue weighted by molar-refractivity contribution is 0.0951. The van der Waals surface area contributed by atoms with Gasteiger partial charge in [-0.25, -0.2) is 0 Å². The number of benzene rings is 2. The number of phenolic OH excluding ortho intramolecular Hbond substituents is 1. The van der Waals surface area contributed by atoms with Gasteiger partial charge in [0.15, 0.2) is 5.75 Å². The van der Waals surface area contributed by atoms with E-state index in [0.717, 1.165) is 21.9 Å². The number of para-hydroxylation sites is 1. The monoisotopic (exact) mass is 347 g/mol. The molecule has 0 aliphatic heterocycles. The Morgan fingerprint density at radius 3 is 2.85 bits per heavy atom. The predicted octanol–water partition coefficient (Wildman–Crippen LogP) is 4.03. The third-order valence-corrected chi connectivity index (χ3v) is 4.35. The zero-order valence-corrected chi connectivity index (χ0v) is 13.5. The number of fused-ring (bicyclic) bond motifs is 2. The molecular formula is C21H21N3O2. The number of aromatic nitrogens is 2. The van der Waals surface area contributed by atoms with Crippen LogP contribution in [0.3, 0.4) is 0 Å². The summed E-state index contributed by atoms with van der Waals surface area (Å²) in [4.78, 5) is 19.8. The number of amides is 1. The van der Waals surface area contributed by atoms with E-state index < -0.39 is 0 Å². The first-order chi connectivity index (χ1) is 12.2. The van der Waals surface area contributed by atoms with Crippen molar-refractivity contribution in [1.29, 1.82) is 0 Å². The standard InChI is InChI=1S/C20H17N3O2.CH4/c24-19-16(8-7-13-4-3-10-21-18(13)19)20(25)22-11-9-14-12-23-17-6-2-1-5-15(14)17;/h1-8,10,12,23-24H,9,11H2,(H,22,25);1H4. The van der Waals surface area contributed by atoms with Crippen LogP contribution in [-0.4, -0.2) is 27.5 Å². The highest BCUT2D eigenvalue weighted by molar-refractivity contribution is 6.02. The van der Waals surface area contributed by atoms with Crippen molar-refractivity contribution in [3.63, 3.8) is 0 Å². The van der Waals surface area contributed by atoms with Gasteiger partial charge in [0.1, 0.15) is 5.52 Å². The molecule has 3 N–H and O–H groups in total. The van der Waals surface area contributed by atoms with E-state index in [-0.39, 0.29) is 24.6 Å². The van der Waals surface area contributed by atoms with Crippen LogP contribution in [0.25, 0.3) is 21.8 Å². The number of aromatic amines is 1. The number of hydrogen-bond acceptors (Lipinski definition) is 3. The molecule has 2 heterocycles. The van der Waals surface area contributed by atoms with Crippen LogP contribution in [0.2, 0.25) is 0 Å². The molecule has 0 radical (unpaired) electrons. The molecule has 2 aromatic carbocycles. The van der Waals surface area contributed by atoms with Gasteiger partial charge in [0.25, 0.3) is 5.91 Å². The lowest BCUT2D eigenvalue weighted by Crippen LogP contribution is -2.25. The van der Waals surface area contributed by atoms with Gasteiger partial charge in [0, 0.05) is 35.2 Å². The fraction of sp³-hybridized carbons (Fsp3) is 0.143. The summed E-state index contributed by atoms with van der Waals surface area (Å²) in [5.74, 6) is -0.382. The Morgan fingerprint density at radius 2 is 1.96 bits per heavy atom. The number of hydrogen-bond donors (Lipinski definition) is 3. The van der Waals surface area contributed by atoms with Crippen LogP contribution >= 0.6 is 0 Å². The molecular weight excluding hydrogens is 326 g/mol. The zero-order chi connectivity index (χ0) is 17.2. The maximum absolute atomic E-state index is 12.4. The average Bonchev–Trinajstić information content (AvgIpc) is 3.05. The van der Waals surface area contributed by atoms with E-state index in [0.29, 0.717) is 18.5 Å². The Hall–Kier alpha value is -3.34. The van der Waals surface area contributed by atoms with Crippen LogP contribution in [0, 0.1) is 0 Å².